The van der Waals surface area contributed by atoms with Crippen molar-refractivity contribution in [2.24, 2.45) is 10.9 Å². The molecular formula is C24H42N4O2. The molecule has 30 heavy (non-hydrogen) atoms. The quantitative estimate of drug-likeness (QED) is 0.401. The van der Waals surface area contributed by atoms with Crippen molar-refractivity contribution in [3.8, 4) is 5.75 Å². The van der Waals surface area contributed by atoms with E-state index >= 15 is 0 Å². The van der Waals surface area contributed by atoms with Crippen molar-refractivity contribution in [2.75, 3.05) is 46.5 Å². The predicted molar refractivity (Wildman–Crippen MR) is 125 cm³/mol. The summed E-state index contributed by atoms with van der Waals surface area (Å²) in [6.07, 6.45) is 4.60. The number of benzene rings is 1. The minimum atomic E-state index is 0.611. The Kier molecular flexibility index (Phi) is 11.6. The number of nitrogens with zero attached hydrogens (tertiary/aromatic N) is 2. The van der Waals surface area contributed by atoms with E-state index in [1.807, 2.05) is 12.1 Å². The molecule has 0 unspecified atom stereocenters. The standard InChI is InChI=1S/C24H42N4O2/c1-5-20(6-2)18-26-24(25-7-3)27-19-21-9-8-10-23(17-21)30-16-13-28(4)22-11-14-29-15-12-22/h8-10,17,20,22H,5-7,11-16,18-19H2,1-4H3,(H2,25,26,27). The van der Waals surface area contributed by atoms with Gasteiger partial charge in [0.05, 0.1) is 6.54 Å². The van der Waals surface area contributed by atoms with Crippen LogP contribution in [0.4, 0.5) is 0 Å². The zero-order valence-electron chi connectivity index (χ0n) is 19.5. The van der Waals surface area contributed by atoms with Crippen molar-refractivity contribution < 1.29 is 9.47 Å². The summed E-state index contributed by atoms with van der Waals surface area (Å²) < 4.78 is 11.5. The fourth-order valence-electron chi connectivity index (χ4n) is 3.68. The third-order valence-corrected chi connectivity index (χ3v) is 5.90. The largest absolute Gasteiger partial charge is 0.492 e. The highest BCUT2D eigenvalue weighted by atomic mass is 16.5. The first kappa shape index (κ1) is 24.5. The monoisotopic (exact) mass is 418 g/mol. The highest BCUT2D eigenvalue weighted by molar-refractivity contribution is 5.79. The summed E-state index contributed by atoms with van der Waals surface area (Å²) >= 11 is 0. The van der Waals surface area contributed by atoms with E-state index in [0.717, 1.165) is 63.0 Å². The molecule has 0 atom stereocenters. The minimum absolute atomic E-state index is 0.611. The lowest BCUT2D eigenvalue weighted by Gasteiger charge is -2.31. The van der Waals surface area contributed by atoms with E-state index in [1.54, 1.807) is 0 Å². The number of nitrogens with one attached hydrogen (secondary N) is 2. The average molecular weight is 419 g/mol. The van der Waals surface area contributed by atoms with Crippen molar-refractivity contribution in [1.82, 2.24) is 15.5 Å². The Labute approximate surface area is 183 Å². The summed E-state index contributed by atoms with van der Waals surface area (Å²) in [5.41, 5.74) is 1.16. The van der Waals surface area contributed by atoms with Gasteiger partial charge in [0.2, 0.25) is 0 Å². The molecule has 0 spiro atoms. The van der Waals surface area contributed by atoms with Crippen LogP contribution in [0.15, 0.2) is 29.3 Å². The van der Waals surface area contributed by atoms with Gasteiger partial charge in [0, 0.05) is 38.9 Å². The van der Waals surface area contributed by atoms with Crippen LogP contribution in [0.1, 0.15) is 52.0 Å². The molecule has 1 saturated heterocycles. The number of hydrogen-bond donors (Lipinski definition) is 2. The lowest BCUT2D eigenvalue weighted by molar-refractivity contribution is 0.0392. The highest BCUT2D eigenvalue weighted by Gasteiger charge is 2.17. The van der Waals surface area contributed by atoms with Crippen molar-refractivity contribution >= 4 is 5.96 Å². The maximum Gasteiger partial charge on any atom is 0.191 e. The molecule has 170 valence electrons. The molecule has 0 saturated carbocycles. The Morgan fingerprint density at radius 1 is 1.20 bits per heavy atom. The lowest BCUT2D eigenvalue weighted by atomic mass is 10.0. The first-order valence-electron chi connectivity index (χ1n) is 11.7. The van der Waals surface area contributed by atoms with Gasteiger partial charge in [-0.25, -0.2) is 4.99 Å². The van der Waals surface area contributed by atoms with Gasteiger partial charge in [0.15, 0.2) is 5.96 Å². The van der Waals surface area contributed by atoms with Gasteiger partial charge in [0.25, 0.3) is 0 Å². The zero-order valence-corrected chi connectivity index (χ0v) is 19.5. The number of likely N-dealkylation sites (N-methyl/N-ethyl adjacent to an activating group) is 1. The van der Waals surface area contributed by atoms with E-state index in [-0.39, 0.29) is 0 Å². The summed E-state index contributed by atoms with van der Waals surface area (Å²) in [7, 11) is 2.18. The Hall–Kier alpha value is -1.79. The minimum Gasteiger partial charge on any atom is -0.492 e. The third kappa shape index (κ3) is 8.92. The van der Waals surface area contributed by atoms with Gasteiger partial charge >= 0.3 is 0 Å². The maximum absolute atomic E-state index is 6.02. The highest BCUT2D eigenvalue weighted by Crippen LogP contribution is 2.16. The van der Waals surface area contributed by atoms with Gasteiger partial charge in [-0.15, -0.1) is 0 Å². The number of ether oxygens (including phenoxy) is 2. The summed E-state index contributed by atoms with van der Waals surface area (Å²) in [5.74, 6) is 2.48. The second-order valence-electron chi connectivity index (χ2n) is 8.08. The van der Waals surface area contributed by atoms with Gasteiger partial charge < -0.3 is 20.1 Å². The summed E-state index contributed by atoms with van der Waals surface area (Å²) in [6, 6.07) is 8.89. The van der Waals surface area contributed by atoms with Crippen molar-refractivity contribution in [3.05, 3.63) is 29.8 Å². The molecule has 1 aliphatic heterocycles. The average Bonchev–Trinajstić information content (AvgIpc) is 2.79. The molecule has 0 amide bonds. The SMILES string of the molecule is CCNC(=NCc1cccc(OCCN(C)C2CCOCC2)c1)NCC(CC)CC. The van der Waals surface area contributed by atoms with Crippen LogP contribution in [-0.4, -0.2) is 63.4 Å². The summed E-state index contributed by atoms with van der Waals surface area (Å²) in [6.45, 7) is 12.4. The fourth-order valence-corrected chi connectivity index (χ4v) is 3.68. The first-order chi connectivity index (χ1) is 14.7. The maximum atomic E-state index is 6.02. The van der Waals surface area contributed by atoms with E-state index < -0.39 is 0 Å². The molecular weight excluding hydrogens is 376 g/mol. The summed E-state index contributed by atoms with van der Waals surface area (Å²) in [4.78, 5) is 7.15. The Bertz CT molecular complexity index is 613. The van der Waals surface area contributed by atoms with E-state index in [2.05, 4.69) is 55.5 Å². The van der Waals surface area contributed by atoms with Crippen LogP contribution in [-0.2, 0) is 11.3 Å². The van der Waals surface area contributed by atoms with Gasteiger partial charge in [-0.05, 0) is 50.4 Å². The Morgan fingerprint density at radius 2 is 1.97 bits per heavy atom. The van der Waals surface area contributed by atoms with Crippen LogP contribution in [0, 0.1) is 5.92 Å². The second-order valence-corrected chi connectivity index (χ2v) is 8.08. The fraction of sp³-hybridized carbons (Fsp3) is 0.708. The topological polar surface area (TPSA) is 58.1 Å². The Morgan fingerprint density at radius 3 is 2.67 bits per heavy atom. The molecule has 1 aromatic carbocycles. The van der Waals surface area contributed by atoms with Gasteiger partial charge in [-0.1, -0.05) is 38.8 Å². The first-order valence-corrected chi connectivity index (χ1v) is 11.7. The van der Waals surface area contributed by atoms with Gasteiger partial charge in [-0.2, -0.15) is 0 Å². The van der Waals surface area contributed by atoms with Crippen LogP contribution < -0.4 is 15.4 Å². The lowest BCUT2D eigenvalue weighted by Crippen LogP contribution is -2.39. The number of rotatable bonds is 12. The molecule has 2 N–H and O–H groups in total. The molecule has 1 fully saturated rings. The van der Waals surface area contributed by atoms with Gasteiger partial charge in [-0.3, -0.25) is 4.90 Å². The number of aliphatic imine (C=N–C) groups is 1. The molecule has 6 nitrogen and oxygen atoms in total. The zero-order chi connectivity index (χ0) is 21.6. The normalized spacial score (nSPS) is 15.6. The molecule has 0 radical (unpaired) electrons. The molecule has 0 bridgehead atoms. The van der Waals surface area contributed by atoms with Crippen molar-refractivity contribution in [3.63, 3.8) is 0 Å². The van der Waals surface area contributed by atoms with Gasteiger partial charge in [0.1, 0.15) is 12.4 Å². The number of hydrogen-bond acceptors (Lipinski definition) is 4. The molecule has 1 heterocycles. The molecule has 1 aliphatic rings. The van der Waals surface area contributed by atoms with Crippen LogP contribution in [0.2, 0.25) is 0 Å². The second kappa shape index (κ2) is 14.3. The summed E-state index contributed by atoms with van der Waals surface area (Å²) in [5, 5.41) is 6.82. The van der Waals surface area contributed by atoms with E-state index in [1.165, 1.54) is 12.8 Å². The van der Waals surface area contributed by atoms with Crippen LogP contribution in [0.25, 0.3) is 0 Å². The van der Waals surface area contributed by atoms with Crippen LogP contribution in [0.3, 0.4) is 0 Å². The number of guanidine groups is 1. The Balaban J connectivity index is 1.81. The smallest absolute Gasteiger partial charge is 0.191 e. The van der Waals surface area contributed by atoms with E-state index in [9.17, 15) is 0 Å². The molecule has 6 heteroatoms. The van der Waals surface area contributed by atoms with Crippen LogP contribution >= 0.6 is 0 Å². The van der Waals surface area contributed by atoms with Crippen molar-refractivity contribution in [1.29, 1.82) is 0 Å². The van der Waals surface area contributed by atoms with E-state index in [4.69, 9.17) is 14.5 Å². The third-order valence-electron chi connectivity index (χ3n) is 5.90. The molecule has 2 rings (SSSR count). The van der Waals surface area contributed by atoms with Crippen molar-refractivity contribution in [2.45, 2.75) is 59.0 Å². The van der Waals surface area contributed by atoms with E-state index in [0.29, 0.717) is 25.1 Å². The molecule has 0 aromatic heterocycles. The van der Waals surface area contributed by atoms with Crippen LogP contribution in [0.5, 0.6) is 5.75 Å². The molecule has 0 aliphatic carbocycles. The molecule has 1 aromatic rings. The predicted octanol–water partition coefficient (Wildman–Crippen LogP) is 3.67.